The van der Waals surface area contributed by atoms with Gasteiger partial charge in [0.25, 0.3) is 0 Å². The number of nitrogens with zero attached hydrogens (tertiary/aromatic N) is 1. The van der Waals surface area contributed by atoms with Crippen LogP contribution in [0.15, 0.2) is 35.8 Å². The van der Waals surface area contributed by atoms with Crippen LogP contribution in [0.1, 0.15) is 6.92 Å². The third-order valence-electron chi connectivity index (χ3n) is 2.22. The molecule has 17 heavy (non-hydrogen) atoms. The van der Waals surface area contributed by atoms with Gasteiger partial charge in [0.2, 0.25) is 5.91 Å². The lowest BCUT2D eigenvalue weighted by Gasteiger charge is -2.08. The molecule has 1 heterocycles. The topological polar surface area (TPSA) is 68.0 Å². The first-order chi connectivity index (χ1) is 8.16. The van der Waals surface area contributed by atoms with Crippen molar-refractivity contribution >= 4 is 22.9 Å². The third-order valence-corrected chi connectivity index (χ3v) is 3.05. The molecule has 0 saturated heterocycles. The molecule has 0 fully saturated rings. The number of carbonyl (C=O) groups excluding carboxylic acids is 1. The molecule has 0 unspecified atom stereocenters. The monoisotopic (exact) mass is 247 g/mol. The summed E-state index contributed by atoms with van der Waals surface area (Å²) in [6.07, 6.45) is 1.76. The molecule has 0 saturated carbocycles. The molecule has 2 aromatic rings. The summed E-state index contributed by atoms with van der Waals surface area (Å²) in [6, 6.07) is 7.04. The van der Waals surface area contributed by atoms with Crippen LogP contribution in [0.3, 0.4) is 0 Å². The van der Waals surface area contributed by atoms with Crippen molar-refractivity contribution in [3.63, 3.8) is 0 Å². The number of nitrogens with two attached hydrogens (primary N) is 1. The largest absolute Gasteiger partial charge is 0.325 e. The highest BCUT2D eigenvalue weighted by molar-refractivity contribution is 7.13. The molecule has 1 aromatic carbocycles. The van der Waals surface area contributed by atoms with Gasteiger partial charge in [0.1, 0.15) is 5.01 Å². The van der Waals surface area contributed by atoms with Crippen molar-refractivity contribution < 1.29 is 4.79 Å². The molecule has 2 rings (SSSR count). The van der Waals surface area contributed by atoms with Gasteiger partial charge in [0.05, 0.1) is 6.04 Å². The Morgan fingerprint density at radius 1 is 1.53 bits per heavy atom. The van der Waals surface area contributed by atoms with Crippen LogP contribution in [0.2, 0.25) is 0 Å². The number of thiazole rings is 1. The lowest BCUT2D eigenvalue weighted by molar-refractivity contribution is -0.117. The highest BCUT2D eigenvalue weighted by Crippen LogP contribution is 2.24. The van der Waals surface area contributed by atoms with Crippen LogP contribution < -0.4 is 11.1 Å². The number of benzene rings is 1. The molecule has 0 aliphatic rings. The van der Waals surface area contributed by atoms with E-state index in [2.05, 4.69) is 10.3 Å². The van der Waals surface area contributed by atoms with E-state index in [0.29, 0.717) is 0 Å². The minimum atomic E-state index is -0.515. The molecular weight excluding hydrogens is 234 g/mol. The lowest BCUT2D eigenvalue weighted by atomic mass is 10.2. The Kier molecular flexibility index (Phi) is 3.51. The Morgan fingerprint density at radius 3 is 3.00 bits per heavy atom. The van der Waals surface area contributed by atoms with Crippen LogP contribution in [0.5, 0.6) is 0 Å². The summed E-state index contributed by atoms with van der Waals surface area (Å²) in [4.78, 5) is 15.7. The fourth-order valence-corrected chi connectivity index (χ4v) is 1.99. The number of hydrogen-bond donors (Lipinski definition) is 2. The molecule has 3 N–H and O–H groups in total. The van der Waals surface area contributed by atoms with E-state index >= 15 is 0 Å². The Balaban J connectivity index is 2.20. The van der Waals surface area contributed by atoms with Gasteiger partial charge < -0.3 is 11.1 Å². The van der Waals surface area contributed by atoms with Crippen molar-refractivity contribution in [2.45, 2.75) is 13.0 Å². The van der Waals surface area contributed by atoms with Crippen LogP contribution >= 0.6 is 11.3 Å². The first-order valence-corrected chi connectivity index (χ1v) is 6.11. The van der Waals surface area contributed by atoms with E-state index in [-0.39, 0.29) is 5.91 Å². The highest BCUT2D eigenvalue weighted by Gasteiger charge is 2.08. The molecule has 0 aliphatic heterocycles. The van der Waals surface area contributed by atoms with Crippen LogP contribution in [0.4, 0.5) is 5.69 Å². The second-order valence-electron chi connectivity index (χ2n) is 3.70. The summed E-state index contributed by atoms with van der Waals surface area (Å²) in [5, 5.41) is 5.61. The van der Waals surface area contributed by atoms with E-state index in [1.807, 2.05) is 29.6 Å². The van der Waals surface area contributed by atoms with Gasteiger partial charge in [-0.3, -0.25) is 4.79 Å². The quantitative estimate of drug-likeness (QED) is 0.872. The summed E-state index contributed by atoms with van der Waals surface area (Å²) >= 11 is 1.56. The molecule has 4 nitrogen and oxygen atoms in total. The number of nitrogens with one attached hydrogen (secondary N) is 1. The summed E-state index contributed by atoms with van der Waals surface area (Å²) in [7, 11) is 0. The van der Waals surface area contributed by atoms with Crippen molar-refractivity contribution in [1.29, 1.82) is 0 Å². The molecule has 1 atom stereocenters. The van der Waals surface area contributed by atoms with Crippen molar-refractivity contribution in [2.75, 3.05) is 5.32 Å². The molecular formula is C12H13N3OS. The number of anilines is 1. The van der Waals surface area contributed by atoms with Gasteiger partial charge in [-0.1, -0.05) is 12.1 Å². The number of hydrogen-bond acceptors (Lipinski definition) is 4. The maximum atomic E-state index is 11.5. The van der Waals surface area contributed by atoms with Crippen molar-refractivity contribution in [2.24, 2.45) is 5.73 Å². The highest BCUT2D eigenvalue weighted by atomic mass is 32.1. The molecule has 1 amide bonds. The van der Waals surface area contributed by atoms with E-state index in [4.69, 9.17) is 5.73 Å². The minimum Gasteiger partial charge on any atom is -0.325 e. The van der Waals surface area contributed by atoms with Crippen LogP contribution in [0, 0.1) is 0 Å². The van der Waals surface area contributed by atoms with Gasteiger partial charge in [0, 0.05) is 22.8 Å². The van der Waals surface area contributed by atoms with Gasteiger partial charge in [0.15, 0.2) is 0 Å². The summed E-state index contributed by atoms with van der Waals surface area (Å²) in [6.45, 7) is 1.65. The van der Waals surface area contributed by atoms with Crippen molar-refractivity contribution in [3.8, 4) is 10.6 Å². The van der Waals surface area contributed by atoms with Crippen LogP contribution in [-0.4, -0.2) is 16.9 Å². The fraction of sp³-hybridized carbons (Fsp3) is 0.167. The van der Waals surface area contributed by atoms with Gasteiger partial charge in [-0.25, -0.2) is 4.98 Å². The van der Waals surface area contributed by atoms with Crippen LogP contribution in [-0.2, 0) is 4.79 Å². The molecule has 5 heteroatoms. The average molecular weight is 247 g/mol. The Bertz CT molecular complexity index is 508. The predicted octanol–water partition coefficient (Wildman–Crippen LogP) is 2.10. The molecule has 0 bridgehead atoms. The maximum absolute atomic E-state index is 11.5. The summed E-state index contributed by atoms with van der Waals surface area (Å²) in [5.41, 5.74) is 7.22. The van der Waals surface area contributed by atoms with E-state index < -0.39 is 6.04 Å². The molecule has 0 radical (unpaired) electrons. The summed E-state index contributed by atoms with van der Waals surface area (Å²) in [5.74, 6) is -0.193. The second kappa shape index (κ2) is 5.07. The first kappa shape index (κ1) is 11.8. The standard InChI is InChI=1S/C12H13N3OS/c1-8(13)11(16)15-10-4-2-3-9(7-10)12-14-5-6-17-12/h2-8H,13H2,1H3,(H,15,16)/t8-/m1/s1. The van der Waals surface area contributed by atoms with E-state index in [1.165, 1.54) is 0 Å². The van der Waals surface area contributed by atoms with E-state index in [9.17, 15) is 4.79 Å². The normalized spacial score (nSPS) is 12.1. The average Bonchev–Trinajstić information content (AvgIpc) is 2.82. The number of rotatable bonds is 3. The van der Waals surface area contributed by atoms with Gasteiger partial charge in [-0.2, -0.15) is 0 Å². The van der Waals surface area contributed by atoms with E-state index in [1.54, 1.807) is 24.5 Å². The Labute approximate surface area is 103 Å². The van der Waals surface area contributed by atoms with Gasteiger partial charge in [-0.15, -0.1) is 11.3 Å². The van der Waals surface area contributed by atoms with E-state index in [0.717, 1.165) is 16.3 Å². The van der Waals surface area contributed by atoms with Gasteiger partial charge in [-0.05, 0) is 19.1 Å². The zero-order valence-corrected chi connectivity index (χ0v) is 10.2. The maximum Gasteiger partial charge on any atom is 0.240 e. The first-order valence-electron chi connectivity index (χ1n) is 5.23. The van der Waals surface area contributed by atoms with Crippen molar-refractivity contribution in [1.82, 2.24) is 4.98 Å². The molecule has 0 spiro atoms. The van der Waals surface area contributed by atoms with Crippen molar-refractivity contribution in [3.05, 3.63) is 35.8 Å². The SMILES string of the molecule is C[C@@H](N)C(=O)Nc1cccc(-c2nccs2)c1. The number of amides is 1. The predicted molar refractivity (Wildman–Crippen MR) is 69.8 cm³/mol. The minimum absolute atomic E-state index is 0.193. The zero-order valence-electron chi connectivity index (χ0n) is 9.38. The fourth-order valence-electron chi connectivity index (χ4n) is 1.35. The Hall–Kier alpha value is -1.72. The smallest absolute Gasteiger partial charge is 0.240 e. The number of carbonyl (C=O) groups is 1. The lowest BCUT2D eigenvalue weighted by Crippen LogP contribution is -2.32. The molecule has 1 aromatic heterocycles. The third kappa shape index (κ3) is 2.89. The zero-order chi connectivity index (χ0) is 12.3. The molecule has 0 aliphatic carbocycles. The summed E-state index contributed by atoms with van der Waals surface area (Å²) < 4.78 is 0. The van der Waals surface area contributed by atoms with Crippen LogP contribution in [0.25, 0.3) is 10.6 Å². The molecule has 88 valence electrons. The Morgan fingerprint density at radius 2 is 2.35 bits per heavy atom. The number of aromatic nitrogens is 1. The van der Waals surface area contributed by atoms with Gasteiger partial charge >= 0.3 is 0 Å². The second-order valence-corrected chi connectivity index (χ2v) is 4.59.